The molecule has 3 rings (SSSR count). The molecule has 0 aliphatic carbocycles. The number of sulfonamides is 1. The normalized spacial score (nSPS) is 12.6. The van der Waals surface area contributed by atoms with Crippen LogP contribution in [0.15, 0.2) is 82.2 Å². The lowest BCUT2D eigenvalue weighted by Crippen LogP contribution is -2.52. The van der Waals surface area contributed by atoms with Gasteiger partial charge < -0.3 is 10.2 Å². The van der Waals surface area contributed by atoms with Gasteiger partial charge in [0.05, 0.1) is 21.2 Å². The molecule has 1 N–H and O–H groups in total. The second kappa shape index (κ2) is 13.3. The standard InChI is InChI=1S/C28H28BrClF3N3O4S/c1-18(2)34-27(38)19(3)35(16-20-8-7-9-21(29)14-20)26(37)17-36(41(39,40)23-10-5-4-6-11-23)22-12-13-25(30)24(15-22)28(31,32)33/h4-15,18-19H,16-17H2,1-3H3,(H,34,38)/t19-/m1/s1. The molecule has 3 aromatic rings. The van der Waals surface area contributed by atoms with Crippen molar-refractivity contribution in [1.29, 1.82) is 0 Å². The Kier molecular flexibility index (Phi) is 10.5. The molecular formula is C28H28BrClF3N3O4S. The molecule has 0 aliphatic rings. The van der Waals surface area contributed by atoms with Crippen LogP contribution in [-0.2, 0) is 32.3 Å². The van der Waals surface area contributed by atoms with Crippen molar-refractivity contribution in [2.45, 2.75) is 50.5 Å². The van der Waals surface area contributed by atoms with Crippen LogP contribution in [0.4, 0.5) is 18.9 Å². The van der Waals surface area contributed by atoms with Gasteiger partial charge in [0, 0.05) is 17.1 Å². The van der Waals surface area contributed by atoms with E-state index >= 15 is 0 Å². The Hall–Kier alpha value is -3.09. The van der Waals surface area contributed by atoms with Crippen molar-refractivity contribution in [3.63, 3.8) is 0 Å². The second-order valence-electron chi connectivity index (χ2n) is 9.48. The van der Waals surface area contributed by atoms with E-state index in [0.29, 0.717) is 15.9 Å². The largest absolute Gasteiger partial charge is 0.417 e. The molecule has 13 heteroatoms. The SMILES string of the molecule is CC(C)NC(=O)[C@@H](C)N(Cc1cccc(Br)c1)C(=O)CN(c1ccc(Cl)c(C(F)(F)F)c1)S(=O)(=O)c1ccccc1. The zero-order valence-corrected chi connectivity index (χ0v) is 25.5. The Labute approximate surface area is 250 Å². The van der Waals surface area contributed by atoms with Crippen molar-refractivity contribution in [3.05, 3.63) is 93.4 Å². The lowest BCUT2D eigenvalue weighted by molar-refractivity contribution is -0.139. The molecule has 0 aromatic heterocycles. The van der Waals surface area contributed by atoms with Gasteiger partial charge >= 0.3 is 6.18 Å². The summed E-state index contributed by atoms with van der Waals surface area (Å²) in [6.45, 7) is 4.03. The van der Waals surface area contributed by atoms with E-state index in [1.165, 1.54) is 36.1 Å². The number of nitrogens with one attached hydrogen (secondary N) is 1. The maximum Gasteiger partial charge on any atom is 0.417 e. The van der Waals surface area contributed by atoms with Crippen LogP contribution in [0.3, 0.4) is 0 Å². The van der Waals surface area contributed by atoms with Gasteiger partial charge in [-0.2, -0.15) is 13.2 Å². The molecule has 41 heavy (non-hydrogen) atoms. The Morgan fingerprint density at radius 3 is 2.22 bits per heavy atom. The predicted octanol–water partition coefficient (Wildman–Crippen LogP) is 6.26. The Bertz CT molecular complexity index is 1500. The number of rotatable bonds is 10. The third kappa shape index (κ3) is 8.23. The van der Waals surface area contributed by atoms with E-state index in [-0.39, 0.29) is 17.5 Å². The predicted molar refractivity (Wildman–Crippen MR) is 155 cm³/mol. The minimum Gasteiger partial charge on any atom is -0.352 e. The molecule has 1 atom stereocenters. The molecule has 0 spiro atoms. The summed E-state index contributed by atoms with van der Waals surface area (Å²) in [5.74, 6) is -1.29. The molecule has 0 aliphatic heterocycles. The molecule has 3 aromatic carbocycles. The molecule has 0 unspecified atom stereocenters. The lowest BCUT2D eigenvalue weighted by atomic mass is 10.1. The Morgan fingerprint density at radius 2 is 1.63 bits per heavy atom. The first-order valence-electron chi connectivity index (χ1n) is 12.4. The van der Waals surface area contributed by atoms with Crippen LogP contribution in [0.1, 0.15) is 31.9 Å². The lowest BCUT2D eigenvalue weighted by Gasteiger charge is -2.32. The summed E-state index contributed by atoms with van der Waals surface area (Å²) < 4.78 is 69.9. The average Bonchev–Trinajstić information content (AvgIpc) is 2.89. The maximum absolute atomic E-state index is 13.9. The van der Waals surface area contributed by atoms with Crippen molar-refractivity contribution in [2.24, 2.45) is 0 Å². The quantitative estimate of drug-likeness (QED) is 0.275. The van der Waals surface area contributed by atoms with Crippen LogP contribution in [0.5, 0.6) is 0 Å². The molecule has 0 saturated carbocycles. The average molecular weight is 675 g/mol. The Balaban J connectivity index is 2.11. The first-order chi connectivity index (χ1) is 19.1. The smallest absolute Gasteiger partial charge is 0.352 e. The second-order valence-corrected chi connectivity index (χ2v) is 12.7. The molecular weight excluding hydrogens is 647 g/mol. The van der Waals surface area contributed by atoms with Crippen LogP contribution in [-0.4, -0.2) is 43.8 Å². The number of nitrogens with zero attached hydrogens (tertiary/aromatic N) is 2. The third-order valence-corrected chi connectivity index (χ3v) is 8.60. The molecule has 7 nitrogen and oxygen atoms in total. The number of hydrogen-bond donors (Lipinski definition) is 1. The van der Waals surface area contributed by atoms with Gasteiger partial charge in [-0.25, -0.2) is 8.42 Å². The van der Waals surface area contributed by atoms with Gasteiger partial charge in [0.15, 0.2) is 0 Å². The number of carbonyl (C=O) groups is 2. The first kappa shape index (κ1) is 32.4. The van der Waals surface area contributed by atoms with E-state index in [1.807, 2.05) is 0 Å². The number of benzene rings is 3. The summed E-state index contributed by atoms with van der Waals surface area (Å²) in [7, 11) is -4.53. The van der Waals surface area contributed by atoms with E-state index in [2.05, 4.69) is 21.2 Å². The first-order valence-corrected chi connectivity index (χ1v) is 15.0. The monoisotopic (exact) mass is 673 g/mol. The number of amides is 2. The highest BCUT2D eigenvalue weighted by Crippen LogP contribution is 2.38. The maximum atomic E-state index is 13.9. The van der Waals surface area contributed by atoms with E-state index in [9.17, 15) is 31.2 Å². The molecule has 0 heterocycles. The van der Waals surface area contributed by atoms with E-state index < -0.39 is 56.9 Å². The summed E-state index contributed by atoms with van der Waals surface area (Å²) in [5.41, 5.74) is -1.03. The minimum absolute atomic E-state index is 0.0708. The van der Waals surface area contributed by atoms with Crippen molar-refractivity contribution >= 4 is 55.1 Å². The van der Waals surface area contributed by atoms with Crippen LogP contribution in [0, 0.1) is 0 Å². The summed E-state index contributed by atoms with van der Waals surface area (Å²) in [6.07, 6.45) is -4.88. The number of hydrogen-bond acceptors (Lipinski definition) is 4. The van der Waals surface area contributed by atoms with Gasteiger partial charge in [-0.1, -0.05) is 57.9 Å². The van der Waals surface area contributed by atoms with Crippen molar-refractivity contribution < 1.29 is 31.2 Å². The van der Waals surface area contributed by atoms with Gasteiger partial charge in [-0.05, 0) is 68.8 Å². The molecule has 0 saturated heterocycles. The third-order valence-electron chi connectivity index (χ3n) is 5.99. The fourth-order valence-corrected chi connectivity index (χ4v) is 6.05. The summed E-state index contributed by atoms with van der Waals surface area (Å²) in [5, 5.41) is 2.11. The fourth-order valence-electron chi connectivity index (χ4n) is 3.95. The number of alkyl halides is 3. The summed E-state index contributed by atoms with van der Waals surface area (Å²) >= 11 is 9.15. The number of carbonyl (C=O) groups excluding carboxylic acids is 2. The molecule has 2 amide bonds. The number of anilines is 1. The molecule has 0 bridgehead atoms. The van der Waals surface area contributed by atoms with Gasteiger partial charge in [-0.3, -0.25) is 13.9 Å². The highest BCUT2D eigenvalue weighted by Gasteiger charge is 2.37. The van der Waals surface area contributed by atoms with Crippen LogP contribution < -0.4 is 9.62 Å². The highest BCUT2D eigenvalue weighted by molar-refractivity contribution is 9.10. The highest BCUT2D eigenvalue weighted by atomic mass is 79.9. The molecule has 0 fully saturated rings. The van der Waals surface area contributed by atoms with E-state index in [4.69, 9.17) is 11.6 Å². The van der Waals surface area contributed by atoms with Crippen molar-refractivity contribution in [1.82, 2.24) is 10.2 Å². The van der Waals surface area contributed by atoms with Gasteiger partial charge in [0.25, 0.3) is 10.0 Å². The van der Waals surface area contributed by atoms with Crippen molar-refractivity contribution in [3.8, 4) is 0 Å². The Morgan fingerprint density at radius 1 is 0.976 bits per heavy atom. The van der Waals surface area contributed by atoms with E-state index in [1.54, 1.807) is 44.2 Å². The minimum atomic E-state index is -4.88. The van der Waals surface area contributed by atoms with Crippen LogP contribution in [0.2, 0.25) is 5.02 Å². The zero-order chi connectivity index (χ0) is 30.5. The molecule has 0 radical (unpaired) electrons. The molecule has 220 valence electrons. The zero-order valence-electron chi connectivity index (χ0n) is 22.3. The van der Waals surface area contributed by atoms with Crippen LogP contribution in [0.25, 0.3) is 0 Å². The topological polar surface area (TPSA) is 86.8 Å². The van der Waals surface area contributed by atoms with Crippen LogP contribution >= 0.6 is 27.5 Å². The van der Waals surface area contributed by atoms with Crippen molar-refractivity contribution in [2.75, 3.05) is 10.8 Å². The summed E-state index contributed by atoms with van der Waals surface area (Å²) in [6, 6.07) is 15.3. The fraction of sp³-hybridized carbons (Fsp3) is 0.286. The van der Waals surface area contributed by atoms with E-state index in [0.717, 1.165) is 16.6 Å². The van der Waals surface area contributed by atoms with Gasteiger partial charge in [-0.15, -0.1) is 0 Å². The van der Waals surface area contributed by atoms with Gasteiger partial charge in [0.2, 0.25) is 11.8 Å². The van der Waals surface area contributed by atoms with Gasteiger partial charge in [0.1, 0.15) is 12.6 Å². The summed E-state index contributed by atoms with van der Waals surface area (Å²) in [4.78, 5) is 27.7. The number of halogens is 5.